The van der Waals surface area contributed by atoms with Gasteiger partial charge in [-0.1, -0.05) is 41.4 Å². The van der Waals surface area contributed by atoms with Crippen LogP contribution in [-0.2, 0) is 11.1 Å². The van der Waals surface area contributed by atoms with E-state index in [0.29, 0.717) is 22.8 Å². The Kier molecular flexibility index (Phi) is 7.80. The average Bonchev–Trinajstić information content (AvgIpc) is 2.50. The molecule has 0 radical (unpaired) electrons. The molecule has 1 aromatic carbocycles. The van der Waals surface area contributed by atoms with E-state index in [4.69, 9.17) is 23.2 Å². The maximum atomic E-state index is 12.3. The highest BCUT2D eigenvalue weighted by Gasteiger charge is 2.27. The zero-order valence-corrected chi connectivity index (χ0v) is 15.9. The maximum absolute atomic E-state index is 12.3. The van der Waals surface area contributed by atoms with Crippen molar-refractivity contribution in [2.24, 2.45) is 5.92 Å². The molecule has 0 bridgehead atoms. The Morgan fingerprint density at radius 3 is 2.75 bits per heavy atom. The molecule has 3 N–H and O–H groups in total. The van der Waals surface area contributed by atoms with Crippen molar-refractivity contribution >= 4 is 30.6 Å². The van der Waals surface area contributed by atoms with Gasteiger partial charge in [0.1, 0.15) is 0 Å². The number of allylic oxidation sites excluding steroid dienone is 2. The summed E-state index contributed by atoms with van der Waals surface area (Å²) in [5.74, 6) is 0.252. The van der Waals surface area contributed by atoms with Crippen molar-refractivity contribution in [3.05, 3.63) is 46.0 Å². The molecule has 3 atom stereocenters. The van der Waals surface area contributed by atoms with Crippen LogP contribution in [0, 0.1) is 5.92 Å². The number of nitrogens with one attached hydrogen (secondary N) is 1. The Bertz CT molecular complexity index is 624. The predicted molar refractivity (Wildman–Crippen MR) is 100 cm³/mol. The first-order valence-corrected chi connectivity index (χ1v) is 10.9. The molecule has 0 aliphatic heterocycles. The van der Waals surface area contributed by atoms with Gasteiger partial charge in [0.2, 0.25) is 7.37 Å². The van der Waals surface area contributed by atoms with Crippen LogP contribution in [0.5, 0.6) is 0 Å². The van der Waals surface area contributed by atoms with E-state index in [9.17, 15) is 14.6 Å². The first-order chi connectivity index (χ1) is 11.4. The first kappa shape index (κ1) is 20.0. The smallest absolute Gasteiger partial charge is 0.203 e. The van der Waals surface area contributed by atoms with Gasteiger partial charge in [0, 0.05) is 19.3 Å². The van der Waals surface area contributed by atoms with E-state index >= 15 is 0 Å². The minimum absolute atomic E-state index is 0.0679. The van der Waals surface area contributed by atoms with Crippen molar-refractivity contribution in [2.45, 2.75) is 31.9 Å². The molecule has 1 aliphatic rings. The Morgan fingerprint density at radius 2 is 2.08 bits per heavy atom. The van der Waals surface area contributed by atoms with Crippen molar-refractivity contribution in [1.82, 2.24) is 5.32 Å². The first-order valence-electron chi connectivity index (χ1n) is 8.14. The van der Waals surface area contributed by atoms with Crippen molar-refractivity contribution in [3.8, 4) is 0 Å². The van der Waals surface area contributed by atoms with Crippen molar-refractivity contribution < 1.29 is 14.6 Å². The summed E-state index contributed by atoms with van der Waals surface area (Å²) < 4.78 is 12.3. The van der Waals surface area contributed by atoms with Crippen LogP contribution < -0.4 is 5.32 Å². The molecule has 0 saturated carbocycles. The molecule has 1 aromatic rings. The molecular formula is C17H24Cl2NO3P. The second-order valence-corrected chi connectivity index (χ2v) is 9.63. The third-order valence-corrected chi connectivity index (χ3v) is 6.93. The predicted octanol–water partition coefficient (Wildman–Crippen LogP) is 4.07. The number of rotatable bonds is 8. The largest absolute Gasteiger partial charge is 0.391 e. The zero-order valence-electron chi connectivity index (χ0n) is 13.5. The van der Waals surface area contributed by atoms with Gasteiger partial charge >= 0.3 is 0 Å². The molecule has 7 heteroatoms. The van der Waals surface area contributed by atoms with Crippen LogP contribution in [-0.4, -0.2) is 35.0 Å². The van der Waals surface area contributed by atoms with Gasteiger partial charge in [-0.25, -0.2) is 0 Å². The lowest BCUT2D eigenvalue weighted by atomic mass is 9.96. The quantitative estimate of drug-likeness (QED) is 0.461. The second-order valence-electron chi connectivity index (χ2n) is 6.40. The van der Waals surface area contributed by atoms with E-state index in [1.165, 1.54) is 0 Å². The Labute approximate surface area is 153 Å². The van der Waals surface area contributed by atoms with Crippen LogP contribution in [0.1, 0.15) is 24.8 Å². The molecule has 2 unspecified atom stereocenters. The fourth-order valence-corrected chi connectivity index (χ4v) is 5.32. The van der Waals surface area contributed by atoms with Crippen LogP contribution in [0.4, 0.5) is 0 Å². The molecular weight excluding hydrogens is 368 g/mol. The summed E-state index contributed by atoms with van der Waals surface area (Å²) in [7, 11) is -3.31. The number of halogens is 2. The summed E-state index contributed by atoms with van der Waals surface area (Å²) in [5, 5.41) is 14.1. The zero-order chi connectivity index (χ0) is 17.6. The van der Waals surface area contributed by atoms with Gasteiger partial charge in [0.25, 0.3) is 0 Å². The van der Waals surface area contributed by atoms with E-state index in [1.54, 1.807) is 12.1 Å². The van der Waals surface area contributed by atoms with Gasteiger partial charge in [-0.15, -0.1) is 0 Å². The molecule has 0 heterocycles. The summed E-state index contributed by atoms with van der Waals surface area (Å²) in [5.41, 5.74) is 0.942. The van der Waals surface area contributed by atoms with Gasteiger partial charge in [-0.3, -0.25) is 4.57 Å². The molecule has 0 amide bonds. The third kappa shape index (κ3) is 6.87. The van der Waals surface area contributed by atoms with Gasteiger partial charge in [0.05, 0.1) is 22.3 Å². The number of benzene rings is 1. The lowest BCUT2D eigenvalue weighted by Gasteiger charge is -2.23. The molecule has 0 spiro atoms. The van der Waals surface area contributed by atoms with Crippen LogP contribution >= 0.6 is 30.6 Å². The van der Waals surface area contributed by atoms with E-state index in [1.807, 2.05) is 6.07 Å². The van der Waals surface area contributed by atoms with Crippen molar-refractivity contribution in [1.29, 1.82) is 0 Å². The van der Waals surface area contributed by atoms with Gasteiger partial charge < -0.3 is 15.3 Å². The van der Waals surface area contributed by atoms with Gasteiger partial charge in [0.15, 0.2) is 0 Å². The molecule has 4 nitrogen and oxygen atoms in total. The van der Waals surface area contributed by atoms with E-state index in [0.717, 1.165) is 24.8 Å². The standard InChI is InChI=1S/C17H24Cl2NO3P/c18-16-7-6-14(8-17(16)19)9-20-10-15(21)12-24(22,23)11-13-4-2-1-3-5-13/h1-2,6-8,13,15,20-21H,3-5,9-12H2,(H,22,23)/t13?,15-/m0/s1. The second kappa shape index (κ2) is 9.38. The molecule has 0 aromatic heterocycles. The van der Waals surface area contributed by atoms with Crippen LogP contribution in [0.25, 0.3) is 0 Å². The van der Waals surface area contributed by atoms with Crippen LogP contribution in [0.2, 0.25) is 10.0 Å². The molecule has 0 fully saturated rings. The molecule has 134 valence electrons. The monoisotopic (exact) mass is 391 g/mol. The summed E-state index contributed by atoms with van der Waals surface area (Å²) in [6, 6.07) is 5.33. The highest BCUT2D eigenvalue weighted by Crippen LogP contribution is 2.45. The highest BCUT2D eigenvalue weighted by atomic mass is 35.5. The minimum Gasteiger partial charge on any atom is -0.391 e. The Morgan fingerprint density at radius 1 is 1.29 bits per heavy atom. The normalized spacial score (nSPS) is 21.4. The lowest BCUT2D eigenvalue weighted by Crippen LogP contribution is -2.30. The topological polar surface area (TPSA) is 69.6 Å². The Hall–Kier alpha value is -0.350. The number of aliphatic hydroxyl groups is 1. The fourth-order valence-electron chi connectivity index (χ4n) is 2.93. The molecule has 2 rings (SSSR count). The summed E-state index contributed by atoms with van der Waals surface area (Å²) >= 11 is 11.8. The summed E-state index contributed by atoms with van der Waals surface area (Å²) in [6.45, 7) is 0.770. The summed E-state index contributed by atoms with van der Waals surface area (Å²) in [4.78, 5) is 10.1. The summed E-state index contributed by atoms with van der Waals surface area (Å²) in [6.07, 6.45) is 6.34. The SMILES string of the molecule is O=P(O)(CC1CC=CCC1)C[C@@H](O)CNCc1ccc(Cl)c(Cl)c1. The Balaban J connectivity index is 1.73. The minimum atomic E-state index is -3.31. The van der Waals surface area contributed by atoms with Crippen LogP contribution in [0.15, 0.2) is 30.4 Å². The lowest BCUT2D eigenvalue weighted by molar-refractivity contribution is 0.190. The van der Waals surface area contributed by atoms with Gasteiger partial charge in [-0.05, 0) is 42.9 Å². The third-order valence-electron chi connectivity index (χ3n) is 4.11. The van der Waals surface area contributed by atoms with E-state index < -0.39 is 13.5 Å². The maximum Gasteiger partial charge on any atom is 0.203 e. The number of hydrogen-bond acceptors (Lipinski definition) is 3. The van der Waals surface area contributed by atoms with Crippen LogP contribution in [0.3, 0.4) is 0 Å². The van der Waals surface area contributed by atoms with Crippen molar-refractivity contribution in [2.75, 3.05) is 18.9 Å². The number of aliphatic hydroxyl groups excluding tert-OH is 1. The number of hydrogen-bond donors (Lipinski definition) is 3. The van der Waals surface area contributed by atoms with E-state index in [2.05, 4.69) is 17.5 Å². The van der Waals surface area contributed by atoms with Crippen molar-refractivity contribution in [3.63, 3.8) is 0 Å². The molecule has 0 saturated heterocycles. The fraction of sp³-hybridized carbons (Fsp3) is 0.529. The highest BCUT2D eigenvalue weighted by molar-refractivity contribution is 7.58. The average molecular weight is 392 g/mol. The molecule has 1 aliphatic carbocycles. The van der Waals surface area contributed by atoms with E-state index in [-0.39, 0.29) is 18.6 Å². The van der Waals surface area contributed by atoms with Gasteiger partial charge in [-0.2, -0.15) is 0 Å². The molecule has 24 heavy (non-hydrogen) atoms.